The molecule has 0 bridgehead atoms. The summed E-state index contributed by atoms with van der Waals surface area (Å²) in [7, 11) is 0. The molecule has 2 N–H and O–H groups in total. The fourth-order valence-electron chi connectivity index (χ4n) is 5.47. The van der Waals surface area contributed by atoms with Crippen molar-refractivity contribution in [1.29, 1.82) is 0 Å². The number of amides is 1. The largest absolute Gasteiger partial charge is 0.380 e. The van der Waals surface area contributed by atoms with Crippen molar-refractivity contribution in [2.75, 3.05) is 29.9 Å². The molecule has 1 saturated heterocycles. The van der Waals surface area contributed by atoms with Crippen LogP contribution in [0.1, 0.15) is 64.4 Å². The molecule has 6 heteroatoms. The summed E-state index contributed by atoms with van der Waals surface area (Å²) >= 11 is 0. The molecule has 2 aliphatic rings. The zero-order chi connectivity index (χ0) is 24.1. The number of rotatable bonds is 9. The number of nitrogens with one attached hydrogen (secondary N) is 2. The Labute approximate surface area is 202 Å². The summed E-state index contributed by atoms with van der Waals surface area (Å²) < 4.78 is 0. The van der Waals surface area contributed by atoms with Crippen LogP contribution in [0.4, 0.5) is 11.4 Å². The van der Waals surface area contributed by atoms with Gasteiger partial charge >= 0.3 is 0 Å². The molecule has 34 heavy (non-hydrogen) atoms. The Hall–Kier alpha value is -2.63. The summed E-state index contributed by atoms with van der Waals surface area (Å²) in [4.78, 5) is 39.4. The molecule has 1 amide bonds. The van der Waals surface area contributed by atoms with Crippen LogP contribution in [0.25, 0.3) is 0 Å². The van der Waals surface area contributed by atoms with Gasteiger partial charge in [0, 0.05) is 31.6 Å². The molecule has 4 rings (SSSR count). The number of carbonyl (C=O) groups excluding carboxylic acids is 1. The lowest BCUT2D eigenvalue weighted by atomic mass is 9.81. The van der Waals surface area contributed by atoms with Crippen molar-refractivity contribution < 1.29 is 4.79 Å². The molecule has 184 valence electrons. The Balaban J connectivity index is 1.23. The van der Waals surface area contributed by atoms with Gasteiger partial charge < -0.3 is 15.5 Å². The van der Waals surface area contributed by atoms with E-state index < -0.39 is 0 Å². The maximum atomic E-state index is 12.9. The van der Waals surface area contributed by atoms with E-state index in [1.165, 1.54) is 5.56 Å². The van der Waals surface area contributed by atoms with Crippen molar-refractivity contribution in [1.82, 2.24) is 5.32 Å². The van der Waals surface area contributed by atoms with Gasteiger partial charge in [-0.25, -0.2) is 0 Å². The SMILES string of the molecule is CCC(Cc1ccccc1)NC(=O)C1CCC(CNc2c(N3CCC(C)CC3)c(=O)c2=O)CC1. The van der Waals surface area contributed by atoms with Crippen molar-refractivity contribution >= 4 is 17.3 Å². The predicted molar refractivity (Wildman–Crippen MR) is 138 cm³/mol. The van der Waals surface area contributed by atoms with Crippen LogP contribution in [-0.2, 0) is 11.2 Å². The lowest BCUT2D eigenvalue weighted by Gasteiger charge is -2.34. The van der Waals surface area contributed by atoms with Crippen molar-refractivity contribution in [3.05, 3.63) is 56.3 Å². The average molecular weight is 466 g/mol. The van der Waals surface area contributed by atoms with Gasteiger partial charge in [0.1, 0.15) is 11.4 Å². The highest BCUT2D eigenvalue weighted by molar-refractivity contribution is 5.79. The first-order chi connectivity index (χ1) is 16.5. The fraction of sp³-hybridized carbons (Fsp3) is 0.607. The van der Waals surface area contributed by atoms with E-state index in [1.54, 1.807) is 0 Å². The molecule has 0 spiro atoms. The number of carbonyl (C=O) groups is 1. The Morgan fingerprint density at radius 2 is 1.68 bits per heavy atom. The number of benzene rings is 1. The minimum atomic E-state index is -0.370. The lowest BCUT2D eigenvalue weighted by Crippen LogP contribution is -2.46. The first-order valence-electron chi connectivity index (χ1n) is 13.1. The first kappa shape index (κ1) is 24.5. The number of anilines is 2. The van der Waals surface area contributed by atoms with Crippen LogP contribution in [0.15, 0.2) is 39.9 Å². The third-order valence-corrected chi connectivity index (χ3v) is 7.93. The lowest BCUT2D eigenvalue weighted by molar-refractivity contribution is -0.126. The molecular weight excluding hydrogens is 426 g/mol. The van der Waals surface area contributed by atoms with E-state index in [4.69, 9.17) is 0 Å². The monoisotopic (exact) mass is 465 g/mol. The molecule has 1 atom stereocenters. The van der Waals surface area contributed by atoms with Gasteiger partial charge in [-0.05, 0) is 68.8 Å². The second kappa shape index (κ2) is 11.2. The molecule has 1 unspecified atom stereocenters. The molecule has 1 heterocycles. The van der Waals surface area contributed by atoms with E-state index >= 15 is 0 Å². The van der Waals surface area contributed by atoms with Gasteiger partial charge in [-0.2, -0.15) is 0 Å². The smallest absolute Gasteiger partial charge is 0.253 e. The van der Waals surface area contributed by atoms with Gasteiger partial charge in [-0.1, -0.05) is 44.2 Å². The predicted octanol–water partition coefficient (Wildman–Crippen LogP) is 3.87. The highest BCUT2D eigenvalue weighted by Gasteiger charge is 2.30. The Kier molecular flexibility index (Phi) is 8.07. The van der Waals surface area contributed by atoms with Crippen LogP contribution >= 0.6 is 0 Å². The molecule has 0 aromatic heterocycles. The summed E-state index contributed by atoms with van der Waals surface area (Å²) in [5.74, 6) is 1.35. The second-order valence-corrected chi connectivity index (χ2v) is 10.5. The van der Waals surface area contributed by atoms with Gasteiger partial charge in [0.05, 0.1) is 0 Å². The molecule has 1 aliphatic heterocycles. The fourth-order valence-corrected chi connectivity index (χ4v) is 5.47. The summed E-state index contributed by atoms with van der Waals surface area (Å²) in [6.07, 6.45) is 7.59. The maximum absolute atomic E-state index is 12.9. The minimum absolute atomic E-state index is 0.0677. The van der Waals surface area contributed by atoms with Gasteiger partial charge in [-0.15, -0.1) is 0 Å². The highest BCUT2D eigenvalue weighted by Crippen LogP contribution is 2.31. The molecule has 1 saturated carbocycles. The van der Waals surface area contributed by atoms with Crippen LogP contribution in [0.5, 0.6) is 0 Å². The number of nitrogens with zero attached hydrogens (tertiary/aromatic N) is 1. The maximum Gasteiger partial charge on any atom is 0.253 e. The Morgan fingerprint density at radius 3 is 2.32 bits per heavy atom. The van der Waals surface area contributed by atoms with E-state index in [0.29, 0.717) is 29.8 Å². The zero-order valence-electron chi connectivity index (χ0n) is 20.6. The van der Waals surface area contributed by atoms with Crippen LogP contribution in [0, 0.1) is 17.8 Å². The average Bonchev–Trinajstić information content (AvgIpc) is 2.87. The van der Waals surface area contributed by atoms with E-state index in [-0.39, 0.29) is 28.7 Å². The summed E-state index contributed by atoms with van der Waals surface area (Å²) in [5, 5.41) is 6.58. The van der Waals surface area contributed by atoms with Gasteiger partial charge in [-0.3, -0.25) is 14.4 Å². The molecule has 2 aromatic carbocycles. The topological polar surface area (TPSA) is 78.5 Å². The standard InChI is InChI=1S/C28H39N3O3/c1-3-23(17-20-7-5-4-6-8-20)30-28(34)22-11-9-21(10-12-22)18-29-24-25(27(33)26(24)32)31-15-13-19(2)14-16-31/h4-8,19,21-23,29H,3,9-18H2,1-2H3,(H,30,34). The summed E-state index contributed by atoms with van der Waals surface area (Å²) in [6, 6.07) is 10.5. The van der Waals surface area contributed by atoms with E-state index in [9.17, 15) is 14.4 Å². The van der Waals surface area contributed by atoms with Crippen LogP contribution in [0.3, 0.4) is 0 Å². The van der Waals surface area contributed by atoms with E-state index in [2.05, 4.69) is 41.5 Å². The van der Waals surface area contributed by atoms with Gasteiger partial charge in [0.15, 0.2) is 0 Å². The molecule has 6 nitrogen and oxygen atoms in total. The third kappa shape index (κ3) is 5.70. The zero-order valence-corrected chi connectivity index (χ0v) is 20.6. The Bertz CT molecular complexity index is 1010. The molecular formula is C28H39N3O3. The van der Waals surface area contributed by atoms with E-state index in [1.807, 2.05) is 18.2 Å². The molecule has 0 radical (unpaired) electrons. The first-order valence-corrected chi connectivity index (χ1v) is 13.1. The quantitative estimate of drug-likeness (QED) is 0.550. The van der Waals surface area contributed by atoms with Crippen molar-refractivity contribution in [3.8, 4) is 0 Å². The number of piperidine rings is 1. The third-order valence-electron chi connectivity index (χ3n) is 7.93. The molecule has 1 aliphatic carbocycles. The van der Waals surface area contributed by atoms with Gasteiger partial charge in [0.25, 0.3) is 10.9 Å². The molecule has 2 aromatic rings. The minimum Gasteiger partial charge on any atom is -0.380 e. The highest BCUT2D eigenvalue weighted by atomic mass is 16.2. The summed E-state index contributed by atoms with van der Waals surface area (Å²) in [5.41, 5.74) is 1.67. The second-order valence-electron chi connectivity index (χ2n) is 10.5. The van der Waals surface area contributed by atoms with Crippen LogP contribution in [-0.4, -0.2) is 31.6 Å². The van der Waals surface area contributed by atoms with E-state index in [0.717, 1.165) is 64.5 Å². The normalized spacial score (nSPS) is 22.5. The van der Waals surface area contributed by atoms with Crippen LogP contribution in [0.2, 0.25) is 0 Å². The number of hydrogen-bond donors (Lipinski definition) is 2. The molecule has 2 fully saturated rings. The van der Waals surface area contributed by atoms with Crippen molar-refractivity contribution in [3.63, 3.8) is 0 Å². The van der Waals surface area contributed by atoms with Gasteiger partial charge in [0.2, 0.25) is 5.91 Å². The number of hydrogen-bond acceptors (Lipinski definition) is 5. The van der Waals surface area contributed by atoms with Crippen molar-refractivity contribution in [2.24, 2.45) is 17.8 Å². The van der Waals surface area contributed by atoms with Crippen molar-refractivity contribution in [2.45, 2.75) is 71.3 Å². The van der Waals surface area contributed by atoms with Crippen LogP contribution < -0.4 is 26.4 Å². The summed E-state index contributed by atoms with van der Waals surface area (Å²) in [6.45, 7) is 6.76. The Morgan fingerprint density at radius 1 is 1.00 bits per heavy atom.